The third-order valence-corrected chi connectivity index (χ3v) is 3.57. The molecular weight excluding hydrogens is 302 g/mol. The molecule has 3 aromatic carbocycles. The number of nitrogens with two attached hydrogens (primary N) is 1. The minimum absolute atomic E-state index is 0.315. The van der Waals surface area contributed by atoms with Crippen molar-refractivity contribution in [2.45, 2.75) is 6.92 Å². The lowest BCUT2D eigenvalue weighted by atomic mass is 10.0. The predicted molar refractivity (Wildman–Crippen MR) is 95.4 cm³/mol. The van der Waals surface area contributed by atoms with E-state index in [4.69, 9.17) is 15.2 Å². The monoisotopic (exact) mass is 319 g/mol. The van der Waals surface area contributed by atoms with Crippen molar-refractivity contribution in [3.05, 3.63) is 72.8 Å². The predicted octanol–water partition coefficient (Wildman–Crippen LogP) is 4.61. The zero-order chi connectivity index (χ0) is 17.1. The molecule has 0 aliphatic carbocycles. The molecule has 0 saturated carbocycles. The maximum absolute atomic E-state index is 11.6. The second kappa shape index (κ2) is 6.46. The van der Waals surface area contributed by atoms with Gasteiger partial charge in [-0.3, -0.25) is 0 Å². The summed E-state index contributed by atoms with van der Waals surface area (Å²) in [5.41, 5.74) is 7.48. The fraction of sp³-hybridized carbons (Fsp3) is 0.0500. The first-order chi connectivity index (χ1) is 11.6. The first kappa shape index (κ1) is 15.6. The fourth-order valence-electron chi connectivity index (χ4n) is 2.46. The highest BCUT2D eigenvalue weighted by atomic mass is 16.5. The Balaban J connectivity index is 2.16. The lowest BCUT2D eigenvalue weighted by molar-refractivity contribution is -0.128. The Hall–Kier alpha value is -3.27. The topological polar surface area (TPSA) is 61.5 Å². The van der Waals surface area contributed by atoms with Crippen LogP contribution in [0.3, 0.4) is 0 Å². The first-order valence-electron chi connectivity index (χ1n) is 7.48. The number of carbonyl (C=O) groups is 1. The van der Waals surface area contributed by atoms with Gasteiger partial charge in [-0.15, -0.1) is 0 Å². The van der Waals surface area contributed by atoms with E-state index in [1.165, 1.54) is 0 Å². The van der Waals surface area contributed by atoms with E-state index in [0.717, 1.165) is 17.0 Å². The maximum Gasteiger partial charge on any atom is 0.335 e. The molecule has 0 atom stereocenters. The molecule has 0 amide bonds. The summed E-state index contributed by atoms with van der Waals surface area (Å²) in [7, 11) is 0. The molecule has 0 radical (unpaired) electrons. The zero-order valence-corrected chi connectivity index (χ0v) is 13.3. The van der Waals surface area contributed by atoms with Crippen molar-refractivity contribution in [3.8, 4) is 17.2 Å². The minimum atomic E-state index is -0.555. The van der Waals surface area contributed by atoms with E-state index in [0.29, 0.717) is 28.3 Å². The standard InChI is InChI=1S/C20H17NO3/c1-3-19(22)24-20-15-10-9-13(2)11-16(15)18(12-17(20)21)23-14-7-5-4-6-8-14/h3-12H,1,21H2,2H3. The molecule has 4 nitrogen and oxygen atoms in total. The van der Waals surface area contributed by atoms with E-state index in [1.807, 2.05) is 55.5 Å². The number of nitrogen functional groups attached to an aromatic ring is 1. The van der Waals surface area contributed by atoms with Crippen LogP contribution in [0.2, 0.25) is 0 Å². The van der Waals surface area contributed by atoms with Crippen molar-refractivity contribution in [1.82, 2.24) is 0 Å². The number of anilines is 1. The van der Waals surface area contributed by atoms with E-state index >= 15 is 0 Å². The molecule has 24 heavy (non-hydrogen) atoms. The number of ether oxygens (including phenoxy) is 2. The Morgan fingerprint density at radius 2 is 1.83 bits per heavy atom. The Morgan fingerprint density at radius 1 is 1.08 bits per heavy atom. The van der Waals surface area contributed by atoms with Gasteiger partial charge in [0.2, 0.25) is 0 Å². The molecule has 0 bridgehead atoms. The summed E-state index contributed by atoms with van der Waals surface area (Å²) < 4.78 is 11.3. The third-order valence-electron chi connectivity index (χ3n) is 3.57. The lowest BCUT2D eigenvalue weighted by Crippen LogP contribution is -2.06. The number of hydrogen-bond acceptors (Lipinski definition) is 4. The van der Waals surface area contributed by atoms with E-state index in [-0.39, 0.29) is 0 Å². The van der Waals surface area contributed by atoms with E-state index in [2.05, 4.69) is 6.58 Å². The van der Waals surface area contributed by atoms with Crippen LogP contribution in [-0.4, -0.2) is 5.97 Å². The van der Waals surface area contributed by atoms with Gasteiger partial charge in [0.15, 0.2) is 5.75 Å². The average molecular weight is 319 g/mol. The van der Waals surface area contributed by atoms with E-state index in [9.17, 15) is 4.79 Å². The highest BCUT2D eigenvalue weighted by Crippen LogP contribution is 2.40. The molecule has 2 N–H and O–H groups in total. The van der Waals surface area contributed by atoms with Crippen molar-refractivity contribution in [1.29, 1.82) is 0 Å². The van der Waals surface area contributed by atoms with Crippen LogP contribution in [0.4, 0.5) is 5.69 Å². The minimum Gasteiger partial charge on any atom is -0.457 e. The summed E-state index contributed by atoms with van der Waals surface area (Å²) in [6, 6.07) is 16.9. The summed E-state index contributed by atoms with van der Waals surface area (Å²) in [5, 5.41) is 1.53. The number of benzene rings is 3. The number of carbonyl (C=O) groups excluding carboxylic acids is 1. The maximum atomic E-state index is 11.6. The van der Waals surface area contributed by atoms with Crippen molar-refractivity contribution in [2.75, 3.05) is 5.73 Å². The van der Waals surface area contributed by atoms with Crippen molar-refractivity contribution < 1.29 is 14.3 Å². The normalized spacial score (nSPS) is 10.4. The molecule has 120 valence electrons. The molecule has 0 aliphatic rings. The molecule has 0 aliphatic heterocycles. The molecule has 4 heteroatoms. The first-order valence-corrected chi connectivity index (χ1v) is 7.48. The smallest absolute Gasteiger partial charge is 0.335 e. The van der Waals surface area contributed by atoms with Gasteiger partial charge in [-0.05, 0) is 25.1 Å². The molecule has 0 spiro atoms. The van der Waals surface area contributed by atoms with Crippen molar-refractivity contribution >= 4 is 22.4 Å². The number of hydrogen-bond donors (Lipinski definition) is 1. The van der Waals surface area contributed by atoms with Crippen LogP contribution in [0, 0.1) is 6.92 Å². The lowest BCUT2D eigenvalue weighted by Gasteiger charge is -2.15. The highest BCUT2D eigenvalue weighted by Gasteiger charge is 2.15. The molecule has 3 aromatic rings. The van der Waals surface area contributed by atoms with Crippen LogP contribution in [-0.2, 0) is 4.79 Å². The van der Waals surface area contributed by atoms with Gasteiger partial charge >= 0.3 is 5.97 Å². The van der Waals surface area contributed by atoms with Gasteiger partial charge in [0.25, 0.3) is 0 Å². The largest absolute Gasteiger partial charge is 0.457 e. The number of aryl methyl sites for hydroxylation is 1. The van der Waals surface area contributed by atoms with Gasteiger partial charge in [0.05, 0.1) is 5.69 Å². The Labute approximate surface area is 140 Å². The van der Waals surface area contributed by atoms with Gasteiger partial charge in [-0.2, -0.15) is 0 Å². The summed E-state index contributed by atoms with van der Waals surface area (Å²) in [5.74, 6) is 1.07. The fourth-order valence-corrected chi connectivity index (χ4v) is 2.46. The second-order valence-corrected chi connectivity index (χ2v) is 5.38. The highest BCUT2D eigenvalue weighted by molar-refractivity contribution is 6.00. The van der Waals surface area contributed by atoms with Crippen LogP contribution in [0.5, 0.6) is 17.2 Å². The van der Waals surface area contributed by atoms with Crippen LogP contribution in [0.25, 0.3) is 10.8 Å². The molecule has 0 saturated heterocycles. The summed E-state index contributed by atoms with van der Waals surface area (Å²) in [6.45, 7) is 5.40. The molecule has 0 aromatic heterocycles. The van der Waals surface area contributed by atoms with Crippen LogP contribution >= 0.6 is 0 Å². The zero-order valence-electron chi connectivity index (χ0n) is 13.3. The van der Waals surface area contributed by atoms with Crippen LogP contribution in [0.15, 0.2) is 67.3 Å². The SMILES string of the molecule is C=CC(=O)Oc1c(N)cc(Oc2ccccc2)c2cc(C)ccc12. The molecule has 0 unspecified atom stereocenters. The van der Waals surface area contributed by atoms with Crippen LogP contribution < -0.4 is 15.2 Å². The molecule has 0 fully saturated rings. The Kier molecular flexibility index (Phi) is 4.20. The van der Waals surface area contributed by atoms with Gasteiger partial charge in [-0.25, -0.2) is 4.79 Å². The van der Waals surface area contributed by atoms with Gasteiger partial charge in [0.1, 0.15) is 11.5 Å². The van der Waals surface area contributed by atoms with E-state index < -0.39 is 5.97 Å². The van der Waals surface area contributed by atoms with Crippen molar-refractivity contribution in [2.24, 2.45) is 0 Å². The summed E-state index contributed by atoms with van der Waals surface area (Å²) >= 11 is 0. The number of para-hydroxylation sites is 1. The number of esters is 1. The summed E-state index contributed by atoms with van der Waals surface area (Å²) in [6.07, 6.45) is 1.11. The van der Waals surface area contributed by atoms with E-state index in [1.54, 1.807) is 6.07 Å². The van der Waals surface area contributed by atoms with Gasteiger partial charge in [-0.1, -0.05) is 42.5 Å². The Morgan fingerprint density at radius 3 is 2.54 bits per heavy atom. The number of fused-ring (bicyclic) bond motifs is 1. The molecule has 3 rings (SSSR count). The number of rotatable bonds is 4. The van der Waals surface area contributed by atoms with Crippen molar-refractivity contribution in [3.63, 3.8) is 0 Å². The molecule has 0 heterocycles. The average Bonchev–Trinajstić information content (AvgIpc) is 2.59. The quantitative estimate of drug-likeness (QED) is 0.330. The summed E-state index contributed by atoms with van der Waals surface area (Å²) in [4.78, 5) is 11.6. The van der Waals surface area contributed by atoms with Gasteiger partial charge < -0.3 is 15.2 Å². The molecular formula is C20H17NO3. The Bertz CT molecular complexity index is 917. The van der Waals surface area contributed by atoms with Gasteiger partial charge in [0, 0.05) is 22.9 Å². The second-order valence-electron chi connectivity index (χ2n) is 5.38. The van der Waals surface area contributed by atoms with Crippen LogP contribution in [0.1, 0.15) is 5.56 Å². The third kappa shape index (κ3) is 3.08.